The van der Waals surface area contributed by atoms with Crippen LogP contribution in [-0.4, -0.2) is 37.6 Å². The van der Waals surface area contributed by atoms with Gasteiger partial charge in [0.05, 0.1) is 11.6 Å². The summed E-state index contributed by atoms with van der Waals surface area (Å²) in [5.41, 5.74) is 2.29. The molecule has 6 nitrogen and oxygen atoms in total. The number of carbonyl (C=O) groups is 1. The minimum Gasteiger partial charge on any atom is -0.355 e. The second kappa shape index (κ2) is 7.39. The zero-order chi connectivity index (χ0) is 16.9. The number of aromatic nitrogens is 4. The molecule has 124 valence electrons. The van der Waals surface area contributed by atoms with Gasteiger partial charge in [-0.15, -0.1) is 0 Å². The molecule has 3 rings (SSSR count). The van der Waals surface area contributed by atoms with Crippen molar-refractivity contribution in [3.63, 3.8) is 0 Å². The van der Waals surface area contributed by atoms with Crippen LogP contribution in [0.4, 0.5) is 4.39 Å². The molecule has 8 heteroatoms. The SMILES string of the molecule is C[C@H](Sc1ncnc2nc[nH]c12)C(=O)NCCc1ccc(F)cc1. The van der Waals surface area contributed by atoms with Crippen molar-refractivity contribution in [1.29, 1.82) is 0 Å². The highest BCUT2D eigenvalue weighted by Crippen LogP contribution is 2.25. The standard InChI is InChI=1S/C16H16FN5OS/c1-10(24-16-13-14(20-8-19-13)21-9-22-16)15(23)18-7-6-11-2-4-12(17)5-3-11/h2-5,8-10H,6-7H2,1H3,(H,18,23)(H,19,20,21,22)/t10-/m0/s1. The molecule has 1 atom stereocenters. The molecule has 3 aromatic rings. The minimum atomic E-state index is -0.306. The van der Waals surface area contributed by atoms with Crippen LogP contribution >= 0.6 is 11.8 Å². The summed E-state index contributed by atoms with van der Waals surface area (Å²) in [7, 11) is 0. The van der Waals surface area contributed by atoms with Crippen LogP contribution in [-0.2, 0) is 11.2 Å². The number of thioether (sulfide) groups is 1. The Morgan fingerprint density at radius 2 is 2.08 bits per heavy atom. The topological polar surface area (TPSA) is 83.6 Å². The molecule has 1 amide bonds. The number of aromatic amines is 1. The van der Waals surface area contributed by atoms with E-state index in [1.807, 2.05) is 6.92 Å². The Hall–Kier alpha value is -2.48. The Labute approximate surface area is 142 Å². The van der Waals surface area contributed by atoms with Crippen LogP contribution in [0.5, 0.6) is 0 Å². The first-order chi connectivity index (χ1) is 11.6. The summed E-state index contributed by atoms with van der Waals surface area (Å²) in [6.07, 6.45) is 3.64. The zero-order valence-electron chi connectivity index (χ0n) is 13.0. The fourth-order valence-corrected chi connectivity index (χ4v) is 3.08. The second-order valence-corrected chi connectivity index (χ2v) is 6.54. The molecule has 0 fully saturated rings. The van der Waals surface area contributed by atoms with E-state index >= 15 is 0 Å². The molecule has 0 spiro atoms. The number of amides is 1. The maximum absolute atomic E-state index is 12.8. The van der Waals surface area contributed by atoms with Gasteiger partial charge in [0.15, 0.2) is 5.65 Å². The number of halogens is 1. The van der Waals surface area contributed by atoms with Crippen molar-refractivity contribution in [3.8, 4) is 0 Å². The second-order valence-electron chi connectivity index (χ2n) is 5.21. The predicted octanol–water partition coefficient (Wildman–Crippen LogP) is 2.33. The fraction of sp³-hybridized carbons (Fsp3) is 0.250. The van der Waals surface area contributed by atoms with Crippen LogP contribution in [0, 0.1) is 5.82 Å². The van der Waals surface area contributed by atoms with Crippen LogP contribution in [0.3, 0.4) is 0 Å². The largest absolute Gasteiger partial charge is 0.355 e. The quantitative estimate of drug-likeness (QED) is 0.529. The summed E-state index contributed by atoms with van der Waals surface area (Å²) >= 11 is 1.35. The molecule has 1 aromatic carbocycles. The van der Waals surface area contributed by atoms with Gasteiger partial charge in [0, 0.05) is 6.54 Å². The maximum atomic E-state index is 12.8. The molecule has 0 bridgehead atoms. The molecule has 0 aliphatic heterocycles. The van der Waals surface area contributed by atoms with Gasteiger partial charge in [0.2, 0.25) is 5.91 Å². The van der Waals surface area contributed by atoms with E-state index < -0.39 is 0 Å². The number of rotatable bonds is 6. The molecule has 24 heavy (non-hydrogen) atoms. The van der Waals surface area contributed by atoms with Gasteiger partial charge in [-0.05, 0) is 31.0 Å². The van der Waals surface area contributed by atoms with E-state index in [0.717, 1.165) is 11.1 Å². The molecular formula is C16H16FN5OS. The van der Waals surface area contributed by atoms with Gasteiger partial charge in [-0.1, -0.05) is 23.9 Å². The van der Waals surface area contributed by atoms with Crippen molar-refractivity contribution in [1.82, 2.24) is 25.3 Å². The number of nitrogens with zero attached hydrogens (tertiary/aromatic N) is 3. The van der Waals surface area contributed by atoms with E-state index in [9.17, 15) is 9.18 Å². The normalized spacial score (nSPS) is 12.2. The Kier molecular flexibility index (Phi) is 5.05. The molecular weight excluding hydrogens is 329 g/mol. The van der Waals surface area contributed by atoms with E-state index in [0.29, 0.717) is 23.6 Å². The molecule has 2 aromatic heterocycles. The zero-order valence-corrected chi connectivity index (χ0v) is 13.8. The van der Waals surface area contributed by atoms with Gasteiger partial charge in [-0.3, -0.25) is 4.79 Å². The molecule has 0 aliphatic rings. The molecule has 2 N–H and O–H groups in total. The van der Waals surface area contributed by atoms with E-state index in [-0.39, 0.29) is 17.0 Å². The fourth-order valence-electron chi connectivity index (χ4n) is 2.18. The van der Waals surface area contributed by atoms with E-state index in [2.05, 4.69) is 25.3 Å². The Morgan fingerprint density at radius 3 is 2.88 bits per heavy atom. The van der Waals surface area contributed by atoms with Gasteiger partial charge in [0.1, 0.15) is 22.7 Å². The van der Waals surface area contributed by atoms with Crippen molar-refractivity contribution in [3.05, 3.63) is 48.3 Å². The number of imidazole rings is 1. The van der Waals surface area contributed by atoms with Crippen molar-refractivity contribution >= 4 is 28.8 Å². The maximum Gasteiger partial charge on any atom is 0.233 e. The van der Waals surface area contributed by atoms with Crippen molar-refractivity contribution in [2.75, 3.05) is 6.54 Å². The van der Waals surface area contributed by atoms with Gasteiger partial charge >= 0.3 is 0 Å². The van der Waals surface area contributed by atoms with E-state index in [1.54, 1.807) is 18.5 Å². The predicted molar refractivity (Wildman–Crippen MR) is 90.1 cm³/mol. The Bertz CT molecular complexity index is 836. The summed E-state index contributed by atoms with van der Waals surface area (Å²) in [5, 5.41) is 3.27. The summed E-state index contributed by atoms with van der Waals surface area (Å²) in [4.78, 5) is 27.5. The highest BCUT2D eigenvalue weighted by molar-refractivity contribution is 8.00. The number of hydrogen-bond acceptors (Lipinski definition) is 5. The third-order valence-corrected chi connectivity index (χ3v) is 4.57. The lowest BCUT2D eigenvalue weighted by molar-refractivity contribution is -0.120. The number of H-pyrrole nitrogens is 1. The monoisotopic (exact) mass is 345 g/mol. The number of fused-ring (bicyclic) bond motifs is 1. The van der Waals surface area contributed by atoms with Gasteiger partial charge in [-0.25, -0.2) is 19.3 Å². The van der Waals surface area contributed by atoms with E-state index in [4.69, 9.17) is 0 Å². The molecule has 0 aliphatic carbocycles. The lowest BCUT2D eigenvalue weighted by Gasteiger charge is -2.11. The minimum absolute atomic E-state index is 0.0756. The van der Waals surface area contributed by atoms with Crippen molar-refractivity contribution in [2.24, 2.45) is 0 Å². The van der Waals surface area contributed by atoms with Gasteiger partial charge in [0.25, 0.3) is 0 Å². The Morgan fingerprint density at radius 1 is 1.29 bits per heavy atom. The summed E-state index contributed by atoms with van der Waals surface area (Å²) < 4.78 is 12.8. The van der Waals surface area contributed by atoms with Crippen LogP contribution in [0.2, 0.25) is 0 Å². The highest BCUT2D eigenvalue weighted by Gasteiger charge is 2.17. The van der Waals surface area contributed by atoms with Gasteiger partial charge in [-0.2, -0.15) is 0 Å². The number of benzene rings is 1. The summed E-state index contributed by atoms with van der Waals surface area (Å²) in [6, 6.07) is 6.27. The average Bonchev–Trinajstić information content (AvgIpc) is 3.06. The number of nitrogens with one attached hydrogen (secondary N) is 2. The molecule has 0 unspecified atom stereocenters. The first-order valence-corrected chi connectivity index (χ1v) is 8.34. The van der Waals surface area contributed by atoms with Crippen LogP contribution in [0.1, 0.15) is 12.5 Å². The first-order valence-electron chi connectivity index (χ1n) is 7.46. The van der Waals surface area contributed by atoms with Crippen molar-refractivity contribution < 1.29 is 9.18 Å². The highest BCUT2D eigenvalue weighted by atomic mass is 32.2. The van der Waals surface area contributed by atoms with Crippen LogP contribution in [0.15, 0.2) is 41.9 Å². The van der Waals surface area contributed by atoms with Crippen molar-refractivity contribution in [2.45, 2.75) is 23.6 Å². The molecule has 0 radical (unpaired) electrons. The summed E-state index contributed by atoms with van der Waals surface area (Å²) in [6.45, 7) is 2.32. The first kappa shape index (κ1) is 16.4. The number of hydrogen-bond donors (Lipinski definition) is 2. The van der Waals surface area contributed by atoms with Crippen LogP contribution < -0.4 is 5.32 Å². The lowest BCUT2D eigenvalue weighted by atomic mass is 10.1. The van der Waals surface area contributed by atoms with Gasteiger partial charge < -0.3 is 10.3 Å². The third kappa shape index (κ3) is 3.88. The molecule has 0 saturated carbocycles. The van der Waals surface area contributed by atoms with E-state index in [1.165, 1.54) is 30.2 Å². The van der Waals surface area contributed by atoms with Crippen LogP contribution in [0.25, 0.3) is 11.2 Å². The molecule has 2 heterocycles. The molecule has 0 saturated heterocycles. The number of carbonyl (C=O) groups excluding carboxylic acids is 1. The smallest absolute Gasteiger partial charge is 0.233 e. The Balaban J connectivity index is 1.53. The lowest BCUT2D eigenvalue weighted by Crippen LogP contribution is -2.32. The average molecular weight is 345 g/mol. The summed E-state index contributed by atoms with van der Waals surface area (Å²) in [5.74, 6) is -0.337. The third-order valence-electron chi connectivity index (χ3n) is 3.47.